The largest absolute Gasteiger partial charge is 0.481 e. The molecule has 0 amide bonds. The Morgan fingerprint density at radius 1 is 0.941 bits per heavy atom. The summed E-state index contributed by atoms with van der Waals surface area (Å²) < 4.78 is 8.14. The van der Waals surface area contributed by atoms with Crippen molar-refractivity contribution in [2.45, 2.75) is 50.0 Å². The number of aromatic nitrogens is 3. The van der Waals surface area contributed by atoms with Crippen molar-refractivity contribution in [1.82, 2.24) is 14.5 Å². The minimum Gasteiger partial charge on any atom is -0.481 e. The van der Waals surface area contributed by atoms with E-state index in [1.165, 1.54) is 47.3 Å². The minimum absolute atomic E-state index is 0.325. The van der Waals surface area contributed by atoms with Crippen molar-refractivity contribution in [2.24, 2.45) is 5.92 Å². The molecule has 0 saturated heterocycles. The zero-order valence-corrected chi connectivity index (χ0v) is 19.5. The standard InChI is InChI=1S/C30H29N3O/c1-34-30-25(19-10-7-11-19)16-22(18-31-30)21-14-15-26-27(17-21)33-28(20-8-3-2-4-9-20)23-12-5-6-13-24(23)29(33)32-26/h2-6,8-9,14-19,23-24,28H,7,10-13H2,1H3/t23-,24+,28-/m0/s1. The summed E-state index contributed by atoms with van der Waals surface area (Å²) in [7, 11) is 1.73. The molecule has 4 aromatic rings. The summed E-state index contributed by atoms with van der Waals surface area (Å²) in [4.78, 5) is 9.86. The lowest BCUT2D eigenvalue weighted by Gasteiger charge is -2.27. The van der Waals surface area contributed by atoms with Crippen molar-refractivity contribution in [3.05, 3.63) is 89.9 Å². The van der Waals surface area contributed by atoms with E-state index in [-0.39, 0.29) is 0 Å². The molecule has 2 aliphatic carbocycles. The highest BCUT2D eigenvalue weighted by molar-refractivity contribution is 5.83. The highest BCUT2D eigenvalue weighted by atomic mass is 16.5. The Morgan fingerprint density at radius 2 is 1.79 bits per heavy atom. The molecule has 3 atom stereocenters. The van der Waals surface area contributed by atoms with Crippen molar-refractivity contribution < 1.29 is 4.74 Å². The lowest BCUT2D eigenvalue weighted by Crippen LogP contribution is -2.18. The maximum Gasteiger partial charge on any atom is 0.216 e. The number of pyridine rings is 1. The van der Waals surface area contributed by atoms with E-state index in [9.17, 15) is 0 Å². The fourth-order valence-electron chi connectivity index (χ4n) is 6.37. The first-order valence-electron chi connectivity index (χ1n) is 12.6. The molecule has 3 aliphatic rings. The molecular formula is C30H29N3O. The molecule has 2 aromatic heterocycles. The molecule has 4 heteroatoms. The maximum atomic E-state index is 5.60. The van der Waals surface area contributed by atoms with Gasteiger partial charge in [-0.25, -0.2) is 9.97 Å². The van der Waals surface area contributed by atoms with Crippen LogP contribution >= 0.6 is 0 Å². The van der Waals surface area contributed by atoms with Gasteiger partial charge in [-0.2, -0.15) is 0 Å². The molecular weight excluding hydrogens is 418 g/mol. The van der Waals surface area contributed by atoms with Gasteiger partial charge < -0.3 is 9.30 Å². The van der Waals surface area contributed by atoms with E-state index in [0.29, 0.717) is 23.8 Å². The van der Waals surface area contributed by atoms with Crippen LogP contribution in [0.25, 0.3) is 22.2 Å². The fourth-order valence-corrected chi connectivity index (χ4v) is 6.37. The van der Waals surface area contributed by atoms with E-state index in [2.05, 4.69) is 76.3 Å². The predicted molar refractivity (Wildman–Crippen MR) is 135 cm³/mol. The number of benzene rings is 2. The van der Waals surface area contributed by atoms with Crippen LogP contribution in [0.4, 0.5) is 0 Å². The fraction of sp³-hybridized carbons (Fsp3) is 0.333. The molecule has 4 nitrogen and oxygen atoms in total. The van der Waals surface area contributed by atoms with Crippen LogP contribution in [0, 0.1) is 5.92 Å². The number of ether oxygens (including phenoxy) is 1. The third kappa shape index (κ3) is 2.97. The summed E-state index contributed by atoms with van der Waals surface area (Å²) >= 11 is 0. The van der Waals surface area contributed by atoms with E-state index in [1.807, 2.05) is 6.20 Å². The topological polar surface area (TPSA) is 39.9 Å². The van der Waals surface area contributed by atoms with E-state index >= 15 is 0 Å². The summed E-state index contributed by atoms with van der Waals surface area (Å²) in [5, 5.41) is 0. The summed E-state index contributed by atoms with van der Waals surface area (Å²) in [5.41, 5.74) is 7.32. The normalized spacial score (nSPS) is 23.5. The number of rotatable bonds is 4. The Hall–Kier alpha value is -3.40. The van der Waals surface area contributed by atoms with Gasteiger partial charge in [0.25, 0.3) is 0 Å². The van der Waals surface area contributed by atoms with Crippen molar-refractivity contribution in [3.63, 3.8) is 0 Å². The molecule has 3 heterocycles. The van der Waals surface area contributed by atoms with E-state index < -0.39 is 0 Å². The molecule has 0 bridgehead atoms. The van der Waals surface area contributed by atoms with Crippen LogP contribution in [0.2, 0.25) is 0 Å². The van der Waals surface area contributed by atoms with Gasteiger partial charge in [0, 0.05) is 23.2 Å². The first kappa shape index (κ1) is 20.0. The molecule has 2 aromatic carbocycles. The van der Waals surface area contributed by atoms with E-state index in [1.54, 1.807) is 7.11 Å². The number of hydrogen-bond acceptors (Lipinski definition) is 3. The molecule has 1 aliphatic heterocycles. The van der Waals surface area contributed by atoms with Crippen LogP contribution in [-0.2, 0) is 0 Å². The van der Waals surface area contributed by atoms with Crippen molar-refractivity contribution in [3.8, 4) is 17.0 Å². The molecule has 7 rings (SSSR count). The molecule has 0 unspecified atom stereocenters. The van der Waals surface area contributed by atoms with Crippen LogP contribution in [0.1, 0.15) is 66.9 Å². The monoisotopic (exact) mass is 447 g/mol. The number of methoxy groups -OCH3 is 1. The van der Waals surface area contributed by atoms with Gasteiger partial charge in [-0.05, 0) is 66.8 Å². The lowest BCUT2D eigenvalue weighted by atomic mass is 9.79. The maximum absolute atomic E-state index is 5.60. The Morgan fingerprint density at radius 3 is 2.59 bits per heavy atom. The highest BCUT2D eigenvalue weighted by Crippen LogP contribution is 2.51. The average molecular weight is 448 g/mol. The Bertz CT molecular complexity index is 1400. The van der Waals surface area contributed by atoms with Crippen LogP contribution in [0.5, 0.6) is 5.88 Å². The van der Waals surface area contributed by atoms with Gasteiger partial charge in [-0.1, -0.05) is 55.0 Å². The van der Waals surface area contributed by atoms with Crippen molar-refractivity contribution >= 4 is 11.0 Å². The van der Waals surface area contributed by atoms with Gasteiger partial charge in [0.1, 0.15) is 5.82 Å². The Balaban J connectivity index is 1.38. The van der Waals surface area contributed by atoms with Crippen molar-refractivity contribution in [2.75, 3.05) is 7.11 Å². The van der Waals surface area contributed by atoms with Crippen LogP contribution in [0.15, 0.2) is 72.9 Å². The Kier molecular flexibility index (Phi) is 4.61. The quantitative estimate of drug-likeness (QED) is 0.315. The number of nitrogens with zero attached hydrogens (tertiary/aromatic N) is 3. The summed E-state index contributed by atoms with van der Waals surface area (Å²) in [6.07, 6.45) is 12.6. The average Bonchev–Trinajstić information content (AvgIpc) is 3.38. The summed E-state index contributed by atoms with van der Waals surface area (Å²) in [6, 6.07) is 20.4. The summed E-state index contributed by atoms with van der Waals surface area (Å²) in [5.74, 6) is 3.65. The van der Waals surface area contributed by atoms with Crippen LogP contribution in [0.3, 0.4) is 0 Å². The van der Waals surface area contributed by atoms with E-state index in [0.717, 1.165) is 29.8 Å². The third-order valence-corrected chi connectivity index (χ3v) is 8.31. The molecule has 170 valence electrons. The van der Waals surface area contributed by atoms with Gasteiger partial charge in [-0.3, -0.25) is 0 Å². The third-order valence-electron chi connectivity index (χ3n) is 8.31. The van der Waals surface area contributed by atoms with Gasteiger partial charge in [0.05, 0.1) is 24.2 Å². The summed E-state index contributed by atoms with van der Waals surface area (Å²) in [6.45, 7) is 0. The molecule has 0 radical (unpaired) electrons. The Labute approximate surface area is 200 Å². The van der Waals surface area contributed by atoms with Crippen LogP contribution < -0.4 is 4.74 Å². The predicted octanol–water partition coefficient (Wildman–Crippen LogP) is 7.03. The van der Waals surface area contributed by atoms with Gasteiger partial charge in [-0.15, -0.1) is 0 Å². The number of imidazole rings is 1. The van der Waals surface area contributed by atoms with Gasteiger partial charge in [0.15, 0.2) is 0 Å². The zero-order chi connectivity index (χ0) is 22.6. The smallest absolute Gasteiger partial charge is 0.216 e. The number of hydrogen-bond donors (Lipinski definition) is 0. The first-order valence-corrected chi connectivity index (χ1v) is 12.6. The second-order valence-electron chi connectivity index (χ2n) is 10.1. The molecule has 0 N–H and O–H groups in total. The SMILES string of the molecule is COc1ncc(-c2ccc3nc4n(c3c2)[C@@H](c2ccccc2)[C@H]2CC=CC[C@@H]42)cc1C1CCC1. The van der Waals surface area contributed by atoms with Crippen molar-refractivity contribution in [1.29, 1.82) is 0 Å². The zero-order valence-electron chi connectivity index (χ0n) is 19.5. The lowest BCUT2D eigenvalue weighted by molar-refractivity contribution is 0.362. The van der Waals surface area contributed by atoms with E-state index in [4.69, 9.17) is 9.72 Å². The molecule has 1 fully saturated rings. The highest BCUT2D eigenvalue weighted by Gasteiger charge is 2.43. The number of fused-ring (bicyclic) bond motifs is 5. The molecule has 1 saturated carbocycles. The first-order chi connectivity index (χ1) is 16.8. The van der Waals surface area contributed by atoms with Crippen LogP contribution in [-0.4, -0.2) is 21.6 Å². The number of allylic oxidation sites excluding steroid dienone is 2. The van der Waals surface area contributed by atoms with Gasteiger partial charge in [0.2, 0.25) is 5.88 Å². The second kappa shape index (κ2) is 7.83. The molecule has 0 spiro atoms. The minimum atomic E-state index is 0.325. The molecule has 34 heavy (non-hydrogen) atoms. The van der Waals surface area contributed by atoms with Gasteiger partial charge >= 0.3 is 0 Å². The second-order valence-corrected chi connectivity index (χ2v) is 10.1.